The lowest BCUT2D eigenvalue weighted by Gasteiger charge is -2.16. The third-order valence-electron chi connectivity index (χ3n) is 3.91. The summed E-state index contributed by atoms with van der Waals surface area (Å²) in [5, 5.41) is 11.8. The van der Waals surface area contributed by atoms with Crippen molar-refractivity contribution in [3.63, 3.8) is 0 Å². The maximum Gasteiger partial charge on any atom is 0.233 e. The number of Topliss-reactive ketones (excluding diaryl/α,β-unsaturated/α-hetero) is 1. The number of amides is 1. The first-order valence-corrected chi connectivity index (χ1v) is 10.4. The zero-order valence-corrected chi connectivity index (χ0v) is 15.8. The summed E-state index contributed by atoms with van der Waals surface area (Å²) in [4.78, 5) is 28.1. The molecular weight excluding hydrogens is 362 g/mol. The minimum absolute atomic E-state index is 0.0375. The predicted octanol–water partition coefficient (Wildman–Crippen LogP) is 1.25. The van der Waals surface area contributed by atoms with Crippen molar-refractivity contribution in [2.75, 3.05) is 11.5 Å². The lowest BCUT2D eigenvalue weighted by Crippen LogP contribution is -2.40. The molecule has 0 radical (unpaired) electrons. The number of aryl methyl sites for hydroxylation is 1. The Morgan fingerprint density at radius 3 is 2.68 bits per heavy atom. The molecule has 1 aliphatic heterocycles. The topological polar surface area (TPSA) is 117 Å². The Morgan fingerprint density at radius 1 is 1.48 bits per heavy atom. The summed E-state index contributed by atoms with van der Waals surface area (Å²) in [6, 6.07) is 3.12. The molecule has 25 heavy (non-hydrogen) atoms. The van der Waals surface area contributed by atoms with Crippen LogP contribution in [0.2, 0.25) is 0 Å². The molecule has 1 aromatic heterocycles. The molecule has 1 N–H and O–H groups in total. The maximum atomic E-state index is 12.3. The molecule has 7 nitrogen and oxygen atoms in total. The van der Waals surface area contributed by atoms with Crippen LogP contribution in [0.3, 0.4) is 0 Å². The molecule has 0 aromatic carbocycles. The van der Waals surface area contributed by atoms with Gasteiger partial charge in [-0.05, 0) is 33.3 Å². The summed E-state index contributed by atoms with van der Waals surface area (Å²) in [7, 11) is -3.06. The van der Waals surface area contributed by atoms with Crippen molar-refractivity contribution >= 4 is 33.3 Å². The number of ketones is 1. The van der Waals surface area contributed by atoms with Crippen molar-refractivity contribution < 1.29 is 18.0 Å². The highest BCUT2D eigenvalue weighted by Crippen LogP contribution is 2.27. The lowest BCUT2D eigenvalue weighted by molar-refractivity contribution is -0.120. The normalized spacial score (nSPS) is 19.8. The van der Waals surface area contributed by atoms with E-state index in [-0.39, 0.29) is 34.8 Å². The van der Waals surface area contributed by atoms with Gasteiger partial charge in [-0.15, -0.1) is 0 Å². The lowest BCUT2D eigenvalue weighted by atomic mass is 10.1. The monoisotopic (exact) mass is 381 g/mol. The van der Waals surface area contributed by atoms with Crippen LogP contribution in [0.15, 0.2) is 11.1 Å². The fourth-order valence-electron chi connectivity index (χ4n) is 2.56. The third-order valence-corrected chi connectivity index (χ3v) is 6.78. The summed E-state index contributed by atoms with van der Waals surface area (Å²) in [5.74, 6) is -0.424. The van der Waals surface area contributed by atoms with Gasteiger partial charge >= 0.3 is 0 Å². The van der Waals surface area contributed by atoms with E-state index in [0.717, 1.165) is 11.8 Å². The zero-order valence-electron chi connectivity index (χ0n) is 14.2. The standard InChI is InChI=1S/C16H19N3O4S2/c1-9-14(10(2)20)6-12(7-17)16(18-9)24-11(3)15(21)19-13-4-5-25(22,23)8-13/h6,11,13H,4-5,8H2,1-3H3,(H,19,21)/t11-,13+/m0/s1. The highest BCUT2D eigenvalue weighted by atomic mass is 32.2. The van der Waals surface area contributed by atoms with Gasteiger partial charge in [-0.2, -0.15) is 5.26 Å². The fraction of sp³-hybridized carbons (Fsp3) is 0.500. The van der Waals surface area contributed by atoms with E-state index in [9.17, 15) is 23.3 Å². The maximum absolute atomic E-state index is 12.3. The predicted molar refractivity (Wildman–Crippen MR) is 94.2 cm³/mol. The molecule has 1 fully saturated rings. The van der Waals surface area contributed by atoms with Gasteiger partial charge in [-0.25, -0.2) is 13.4 Å². The molecule has 0 spiro atoms. The fourth-order valence-corrected chi connectivity index (χ4v) is 5.16. The summed E-state index contributed by atoms with van der Waals surface area (Å²) < 4.78 is 22.9. The number of nitrogens with one attached hydrogen (secondary N) is 1. The quantitative estimate of drug-likeness (QED) is 0.602. The largest absolute Gasteiger partial charge is 0.351 e. The van der Waals surface area contributed by atoms with E-state index in [4.69, 9.17) is 0 Å². The molecule has 1 aromatic rings. The SMILES string of the molecule is CC(=O)c1cc(C#N)c(S[C@@H](C)C(=O)N[C@@H]2CCS(=O)(=O)C2)nc1C. The number of carbonyl (C=O) groups is 2. The Balaban J connectivity index is 2.11. The van der Waals surface area contributed by atoms with E-state index in [1.807, 2.05) is 6.07 Å². The molecule has 134 valence electrons. The van der Waals surface area contributed by atoms with Gasteiger partial charge in [0.1, 0.15) is 11.1 Å². The second-order valence-electron chi connectivity index (χ2n) is 6.01. The number of aromatic nitrogens is 1. The molecule has 1 saturated heterocycles. The van der Waals surface area contributed by atoms with Gasteiger partial charge < -0.3 is 5.32 Å². The number of hydrogen-bond acceptors (Lipinski definition) is 7. The first-order valence-electron chi connectivity index (χ1n) is 7.73. The van der Waals surface area contributed by atoms with Crippen molar-refractivity contribution in [1.29, 1.82) is 5.26 Å². The van der Waals surface area contributed by atoms with Crippen molar-refractivity contribution in [2.24, 2.45) is 0 Å². The van der Waals surface area contributed by atoms with E-state index >= 15 is 0 Å². The number of nitriles is 1. The van der Waals surface area contributed by atoms with E-state index in [0.29, 0.717) is 22.7 Å². The first kappa shape index (κ1) is 19.4. The van der Waals surface area contributed by atoms with E-state index in [1.165, 1.54) is 13.0 Å². The molecule has 2 rings (SSSR count). The Morgan fingerprint density at radius 2 is 2.16 bits per heavy atom. The number of rotatable bonds is 5. The molecule has 0 saturated carbocycles. The number of pyridine rings is 1. The van der Waals surface area contributed by atoms with Gasteiger partial charge in [0, 0.05) is 17.3 Å². The van der Waals surface area contributed by atoms with Crippen LogP contribution < -0.4 is 5.32 Å². The van der Waals surface area contributed by atoms with Crippen LogP contribution in [0.4, 0.5) is 0 Å². The minimum atomic E-state index is -3.06. The number of sulfone groups is 1. The van der Waals surface area contributed by atoms with Crippen LogP contribution in [-0.2, 0) is 14.6 Å². The van der Waals surface area contributed by atoms with Crippen LogP contribution in [0, 0.1) is 18.3 Å². The van der Waals surface area contributed by atoms with Gasteiger partial charge in [0.25, 0.3) is 0 Å². The second-order valence-corrected chi connectivity index (χ2v) is 9.57. The molecule has 1 aliphatic rings. The smallest absolute Gasteiger partial charge is 0.233 e. The average molecular weight is 381 g/mol. The van der Waals surface area contributed by atoms with Crippen LogP contribution in [0.25, 0.3) is 0 Å². The Bertz CT molecular complexity index is 859. The van der Waals surface area contributed by atoms with Crippen molar-refractivity contribution in [3.05, 3.63) is 22.9 Å². The minimum Gasteiger partial charge on any atom is -0.351 e. The molecule has 2 heterocycles. The molecule has 0 aliphatic carbocycles. The van der Waals surface area contributed by atoms with Crippen LogP contribution in [-0.4, -0.2) is 47.9 Å². The summed E-state index contributed by atoms with van der Waals surface area (Å²) >= 11 is 1.11. The summed E-state index contributed by atoms with van der Waals surface area (Å²) in [6.07, 6.45) is 0.416. The third kappa shape index (κ3) is 4.80. The van der Waals surface area contributed by atoms with Crippen molar-refractivity contribution in [1.82, 2.24) is 10.3 Å². The van der Waals surface area contributed by atoms with Gasteiger partial charge in [0.15, 0.2) is 15.6 Å². The number of carbonyl (C=O) groups excluding carboxylic acids is 2. The Hall–Kier alpha value is -1.92. The number of hydrogen-bond donors (Lipinski definition) is 1. The summed E-state index contributed by atoms with van der Waals surface area (Å²) in [6.45, 7) is 4.75. The van der Waals surface area contributed by atoms with Crippen molar-refractivity contribution in [2.45, 2.75) is 43.5 Å². The number of nitrogens with zero attached hydrogens (tertiary/aromatic N) is 2. The van der Waals surface area contributed by atoms with Gasteiger partial charge in [0.2, 0.25) is 5.91 Å². The van der Waals surface area contributed by atoms with E-state index in [2.05, 4.69) is 10.3 Å². The van der Waals surface area contributed by atoms with Crippen LogP contribution in [0.1, 0.15) is 41.9 Å². The number of thioether (sulfide) groups is 1. The average Bonchev–Trinajstić information content (AvgIpc) is 2.85. The Labute approximate surface area is 151 Å². The summed E-state index contributed by atoms with van der Waals surface area (Å²) in [5.41, 5.74) is 1.13. The molecule has 2 atom stereocenters. The highest BCUT2D eigenvalue weighted by Gasteiger charge is 2.30. The van der Waals surface area contributed by atoms with Gasteiger partial charge in [0.05, 0.1) is 22.3 Å². The molecule has 1 amide bonds. The van der Waals surface area contributed by atoms with Gasteiger partial charge in [-0.3, -0.25) is 9.59 Å². The Kier molecular flexibility index (Phi) is 5.85. The zero-order chi connectivity index (χ0) is 18.8. The van der Waals surface area contributed by atoms with E-state index in [1.54, 1.807) is 13.8 Å². The second kappa shape index (κ2) is 7.54. The van der Waals surface area contributed by atoms with Crippen LogP contribution >= 0.6 is 11.8 Å². The van der Waals surface area contributed by atoms with Gasteiger partial charge in [-0.1, -0.05) is 11.8 Å². The highest BCUT2D eigenvalue weighted by molar-refractivity contribution is 8.00. The molecular formula is C16H19N3O4S2. The molecule has 9 heteroatoms. The molecule has 0 bridgehead atoms. The van der Waals surface area contributed by atoms with Crippen LogP contribution in [0.5, 0.6) is 0 Å². The van der Waals surface area contributed by atoms with Crippen molar-refractivity contribution in [3.8, 4) is 6.07 Å². The van der Waals surface area contributed by atoms with E-state index < -0.39 is 15.1 Å². The molecule has 0 unspecified atom stereocenters. The first-order chi connectivity index (χ1) is 11.6.